The second kappa shape index (κ2) is 6.28. The van der Waals surface area contributed by atoms with Crippen molar-refractivity contribution in [2.45, 2.75) is 26.7 Å². The van der Waals surface area contributed by atoms with E-state index in [1.807, 2.05) is 19.1 Å². The average Bonchev–Trinajstić information content (AvgIpc) is 2.27. The van der Waals surface area contributed by atoms with Gasteiger partial charge in [0, 0.05) is 6.61 Å². The highest BCUT2D eigenvalue weighted by molar-refractivity contribution is 5.73. The van der Waals surface area contributed by atoms with E-state index in [-0.39, 0.29) is 12.6 Å². The summed E-state index contributed by atoms with van der Waals surface area (Å²) in [4.78, 5) is 11.2. The maximum absolute atomic E-state index is 11.2. The second-order valence-corrected chi connectivity index (χ2v) is 3.83. The third kappa shape index (κ3) is 4.03. The van der Waals surface area contributed by atoms with E-state index >= 15 is 0 Å². The van der Waals surface area contributed by atoms with Gasteiger partial charge in [-0.1, -0.05) is 26.0 Å². The van der Waals surface area contributed by atoms with Crippen LogP contribution in [0.15, 0.2) is 24.3 Å². The van der Waals surface area contributed by atoms with Crippen molar-refractivity contribution in [3.05, 3.63) is 29.8 Å². The summed E-state index contributed by atoms with van der Waals surface area (Å²) in [6.07, 6.45) is 0. The molecule has 0 aliphatic carbocycles. The van der Waals surface area contributed by atoms with E-state index in [1.165, 1.54) is 5.56 Å². The fraction of sp³-hybridized carbons (Fsp3) is 0.462. The zero-order chi connectivity index (χ0) is 12.0. The summed E-state index contributed by atoms with van der Waals surface area (Å²) in [5.74, 6) is 0.682. The molecule has 3 heteroatoms. The summed E-state index contributed by atoms with van der Waals surface area (Å²) in [5, 5.41) is 0. The standard InChI is InChI=1S/C13H18O3/c1-4-15-9-13(14)16-12-7-5-11(6-8-12)10(2)3/h5-8,10H,4,9H2,1-3H3. The third-order valence-electron chi connectivity index (χ3n) is 2.20. The average molecular weight is 222 g/mol. The minimum absolute atomic E-state index is 0.00241. The number of rotatable bonds is 5. The molecule has 0 saturated carbocycles. The molecular formula is C13H18O3. The highest BCUT2D eigenvalue weighted by Gasteiger charge is 2.05. The molecule has 0 fully saturated rings. The first-order valence-electron chi connectivity index (χ1n) is 5.52. The van der Waals surface area contributed by atoms with E-state index in [9.17, 15) is 4.79 Å². The van der Waals surface area contributed by atoms with Gasteiger partial charge in [-0.25, -0.2) is 4.79 Å². The smallest absolute Gasteiger partial charge is 0.337 e. The summed E-state index contributed by atoms with van der Waals surface area (Å²) in [7, 11) is 0. The minimum atomic E-state index is -0.362. The van der Waals surface area contributed by atoms with Crippen LogP contribution >= 0.6 is 0 Å². The predicted molar refractivity (Wildman–Crippen MR) is 62.7 cm³/mol. The van der Waals surface area contributed by atoms with Gasteiger partial charge in [0.2, 0.25) is 0 Å². The third-order valence-corrected chi connectivity index (χ3v) is 2.20. The Morgan fingerprint density at radius 1 is 1.25 bits per heavy atom. The highest BCUT2D eigenvalue weighted by atomic mass is 16.6. The lowest BCUT2D eigenvalue weighted by Crippen LogP contribution is -2.15. The van der Waals surface area contributed by atoms with Crippen molar-refractivity contribution < 1.29 is 14.3 Å². The summed E-state index contributed by atoms with van der Waals surface area (Å²) >= 11 is 0. The quantitative estimate of drug-likeness (QED) is 0.567. The van der Waals surface area contributed by atoms with Crippen molar-refractivity contribution in [2.24, 2.45) is 0 Å². The number of ether oxygens (including phenoxy) is 2. The van der Waals surface area contributed by atoms with Crippen LogP contribution in [0.5, 0.6) is 5.75 Å². The molecule has 0 bridgehead atoms. The molecule has 0 heterocycles. The van der Waals surface area contributed by atoms with Crippen molar-refractivity contribution in [2.75, 3.05) is 13.2 Å². The molecule has 3 nitrogen and oxygen atoms in total. The Bertz CT molecular complexity index is 328. The molecule has 0 aliphatic heterocycles. The summed E-state index contributed by atoms with van der Waals surface area (Å²) in [5.41, 5.74) is 1.23. The van der Waals surface area contributed by atoms with Crippen LogP contribution in [-0.4, -0.2) is 19.2 Å². The van der Waals surface area contributed by atoms with Crippen molar-refractivity contribution in [3.8, 4) is 5.75 Å². The molecule has 0 aromatic heterocycles. The van der Waals surface area contributed by atoms with E-state index in [2.05, 4.69) is 13.8 Å². The first-order chi connectivity index (χ1) is 7.63. The van der Waals surface area contributed by atoms with Crippen molar-refractivity contribution >= 4 is 5.97 Å². The number of carbonyl (C=O) groups excluding carboxylic acids is 1. The van der Waals surface area contributed by atoms with Crippen molar-refractivity contribution in [1.82, 2.24) is 0 Å². The van der Waals surface area contributed by atoms with Crippen LogP contribution in [0.4, 0.5) is 0 Å². The zero-order valence-electron chi connectivity index (χ0n) is 10.0. The van der Waals surface area contributed by atoms with Gasteiger partial charge >= 0.3 is 5.97 Å². The maximum Gasteiger partial charge on any atom is 0.337 e. The SMILES string of the molecule is CCOCC(=O)Oc1ccc(C(C)C)cc1. The Labute approximate surface area is 96.4 Å². The van der Waals surface area contributed by atoms with Gasteiger partial charge in [0.15, 0.2) is 0 Å². The normalized spacial score (nSPS) is 10.5. The fourth-order valence-corrected chi connectivity index (χ4v) is 1.27. The Morgan fingerprint density at radius 3 is 2.38 bits per heavy atom. The molecule has 88 valence electrons. The first-order valence-corrected chi connectivity index (χ1v) is 5.52. The molecule has 1 aromatic carbocycles. The van der Waals surface area contributed by atoms with Crippen molar-refractivity contribution in [3.63, 3.8) is 0 Å². The van der Waals surface area contributed by atoms with Crippen LogP contribution in [0, 0.1) is 0 Å². The van der Waals surface area contributed by atoms with Gasteiger partial charge in [0.05, 0.1) is 0 Å². The summed E-state index contributed by atoms with van der Waals surface area (Å²) in [6.45, 7) is 6.60. The van der Waals surface area contributed by atoms with E-state index < -0.39 is 0 Å². The number of hydrogen-bond acceptors (Lipinski definition) is 3. The Balaban J connectivity index is 2.51. The summed E-state index contributed by atoms with van der Waals surface area (Å²) < 4.78 is 10.0. The molecule has 0 radical (unpaired) electrons. The zero-order valence-corrected chi connectivity index (χ0v) is 10.0. The van der Waals surface area contributed by atoms with Gasteiger partial charge in [-0.15, -0.1) is 0 Å². The fourth-order valence-electron chi connectivity index (χ4n) is 1.27. The molecule has 1 rings (SSSR count). The highest BCUT2D eigenvalue weighted by Crippen LogP contribution is 2.18. The lowest BCUT2D eigenvalue weighted by molar-refractivity contribution is -0.139. The van der Waals surface area contributed by atoms with E-state index in [0.29, 0.717) is 18.3 Å². The summed E-state index contributed by atoms with van der Waals surface area (Å²) in [6, 6.07) is 7.54. The van der Waals surface area contributed by atoms with Gasteiger partial charge in [-0.3, -0.25) is 0 Å². The van der Waals surface area contributed by atoms with Crippen LogP contribution in [-0.2, 0) is 9.53 Å². The molecular weight excluding hydrogens is 204 g/mol. The van der Waals surface area contributed by atoms with Crippen LogP contribution in [0.1, 0.15) is 32.3 Å². The van der Waals surface area contributed by atoms with Crippen molar-refractivity contribution in [1.29, 1.82) is 0 Å². The molecule has 0 atom stereocenters. The van der Waals surface area contributed by atoms with Crippen LogP contribution in [0.25, 0.3) is 0 Å². The molecule has 0 unspecified atom stereocenters. The maximum atomic E-state index is 11.2. The largest absolute Gasteiger partial charge is 0.425 e. The number of esters is 1. The predicted octanol–water partition coefficient (Wildman–Crippen LogP) is 2.75. The lowest BCUT2D eigenvalue weighted by Gasteiger charge is -2.07. The number of benzene rings is 1. The lowest BCUT2D eigenvalue weighted by atomic mass is 10.0. The molecule has 0 amide bonds. The van der Waals surface area contributed by atoms with Gasteiger partial charge in [0.1, 0.15) is 12.4 Å². The van der Waals surface area contributed by atoms with Gasteiger partial charge < -0.3 is 9.47 Å². The number of carbonyl (C=O) groups is 1. The van der Waals surface area contributed by atoms with E-state index in [0.717, 1.165) is 0 Å². The second-order valence-electron chi connectivity index (χ2n) is 3.83. The van der Waals surface area contributed by atoms with E-state index in [1.54, 1.807) is 12.1 Å². The minimum Gasteiger partial charge on any atom is -0.425 e. The molecule has 0 N–H and O–H groups in total. The Kier molecular flexibility index (Phi) is 4.99. The van der Waals surface area contributed by atoms with Crippen LogP contribution < -0.4 is 4.74 Å². The molecule has 16 heavy (non-hydrogen) atoms. The monoisotopic (exact) mass is 222 g/mol. The van der Waals surface area contributed by atoms with Gasteiger partial charge in [-0.05, 0) is 30.5 Å². The first kappa shape index (κ1) is 12.7. The van der Waals surface area contributed by atoms with E-state index in [4.69, 9.17) is 9.47 Å². The molecule has 0 saturated heterocycles. The topological polar surface area (TPSA) is 35.5 Å². The molecule has 0 aliphatic rings. The molecule has 0 spiro atoms. The number of hydrogen-bond donors (Lipinski definition) is 0. The van der Waals surface area contributed by atoms with Crippen LogP contribution in [0.2, 0.25) is 0 Å². The van der Waals surface area contributed by atoms with Gasteiger partial charge in [-0.2, -0.15) is 0 Å². The molecule has 1 aromatic rings. The van der Waals surface area contributed by atoms with Gasteiger partial charge in [0.25, 0.3) is 0 Å². The Morgan fingerprint density at radius 2 is 1.88 bits per heavy atom. The van der Waals surface area contributed by atoms with Crippen LogP contribution in [0.3, 0.4) is 0 Å². The Hall–Kier alpha value is -1.35.